The summed E-state index contributed by atoms with van der Waals surface area (Å²) in [6.07, 6.45) is 0. The monoisotopic (exact) mass is 304 g/mol. The summed E-state index contributed by atoms with van der Waals surface area (Å²) in [5, 5.41) is 0. The number of hydrogen-bond acceptors (Lipinski definition) is 4. The highest BCUT2D eigenvalue weighted by Crippen LogP contribution is 2.21. The van der Waals surface area contributed by atoms with E-state index in [9.17, 15) is 12.8 Å². The van der Waals surface area contributed by atoms with Gasteiger partial charge in [-0.3, -0.25) is 0 Å². The first-order chi connectivity index (χ1) is 9.47. The second-order valence-electron chi connectivity index (χ2n) is 4.15. The van der Waals surface area contributed by atoms with Crippen molar-refractivity contribution in [3.05, 3.63) is 29.6 Å². The molecule has 0 aromatic heterocycles. The maximum Gasteiger partial charge on any atom is 0.243 e. The van der Waals surface area contributed by atoms with Crippen molar-refractivity contribution in [2.75, 3.05) is 26.3 Å². The molecule has 0 heterocycles. The van der Waals surface area contributed by atoms with Gasteiger partial charge in [0.25, 0.3) is 0 Å². The van der Waals surface area contributed by atoms with E-state index < -0.39 is 15.8 Å². The van der Waals surface area contributed by atoms with Crippen molar-refractivity contribution in [1.82, 2.24) is 4.31 Å². The van der Waals surface area contributed by atoms with Crippen LogP contribution >= 0.6 is 0 Å². The number of sulfonamides is 1. The molecule has 0 radical (unpaired) electrons. The minimum atomic E-state index is -3.76. The molecule has 0 spiro atoms. The molecule has 0 aliphatic carbocycles. The topological polar surface area (TPSA) is 72.6 Å². The molecule has 20 heavy (non-hydrogen) atoms. The Morgan fingerprint density at radius 2 is 2.05 bits per heavy atom. The van der Waals surface area contributed by atoms with Gasteiger partial charge >= 0.3 is 0 Å². The van der Waals surface area contributed by atoms with Crippen LogP contribution in [0, 0.1) is 5.82 Å². The molecule has 1 aromatic carbocycles. The summed E-state index contributed by atoms with van der Waals surface area (Å²) < 4.78 is 44.8. The van der Waals surface area contributed by atoms with Crippen molar-refractivity contribution in [2.24, 2.45) is 5.73 Å². The minimum Gasteiger partial charge on any atom is -0.380 e. The predicted molar refractivity (Wildman–Crippen MR) is 75.2 cm³/mol. The van der Waals surface area contributed by atoms with E-state index in [4.69, 9.17) is 10.5 Å². The summed E-state index contributed by atoms with van der Waals surface area (Å²) in [5.74, 6) is -0.596. The summed E-state index contributed by atoms with van der Waals surface area (Å²) in [6, 6.07) is 3.62. The summed E-state index contributed by atoms with van der Waals surface area (Å²) >= 11 is 0. The highest BCUT2D eigenvalue weighted by Gasteiger charge is 2.25. The molecule has 0 fully saturated rings. The number of nitrogens with zero attached hydrogens (tertiary/aromatic N) is 1. The fourth-order valence-corrected chi connectivity index (χ4v) is 3.51. The summed E-state index contributed by atoms with van der Waals surface area (Å²) in [4.78, 5) is -0.0710. The molecule has 7 heteroatoms. The van der Waals surface area contributed by atoms with Crippen LogP contribution in [0.15, 0.2) is 23.1 Å². The molecule has 2 N–H and O–H groups in total. The van der Waals surface area contributed by atoms with Gasteiger partial charge in [-0.15, -0.1) is 0 Å². The van der Waals surface area contributed by atoms with E-state index >= 15 is 0 Å². The molecule has 0 amide bonds. The van der Waals surface area contributed by atoms with Crippen LogP contribution in [0.3, 0.4) is 0 Å². The van der Waals surface area contributed by atoms with E-state index in [-0.39, 0.29) is 24.5 Å². The number of hydrogen-bond donors (Lipinski definition) is 1. The molecule has 1 rings (SSSR count). The summed E-state index contributed by atoms with van der Waals surface area (Å²) in [6.45, 7) is 4.94. The predicted octanol–water partition coefficient (Wildman–Crippen LogP) is 1.33. The van der Waals surface area contributed by atoms with Gasteiger partial charge in [0.15, 0.2) is 0 Å². The Bertz CT molecular complexity index is 534. The second-order valence-corrected chi connectivity index (χ2v) is 6.06. The van der Waals surface area contributed by atoms with E-state index in [0.29, 0.717) is 18.8 Å². The number of benzene rings is 1. The standard InChI is InChI=1S/C13H21FN2O3S/c1-3-16(7-8-19-4-2)20(17,18)13-9-12(14)6-5-11(13)10-15/h5-6,9H,3-4,7-8,10,15H2,1-2H3. The molecular weight excluding hydrogens is 283 g/mol. The first-order valence-electron chi connectivity index (χ1n) is 6.53. The molecule has 1 aromatic rings. The van der Waals surface area contributed by atoms with Crippen LogP contribution < -0.4 is 5.73 Å². The third-order valence-corrected chi connectivity index (χ3v) is 4.97. The molecule has 0 saturated heterocycles. The Labute approximate surface area is 119 Å². The Hall–Kier alpha value is -1.02. The zero-order chi connectivity index (χ0) is 15.2. The molecule has 0 unspecified atom stereocenters. The van der Waals surface area contributed by atoms with E-state index in [1.54, 1.807) is 6.92 Å². The van der Waals surface area contributed by atoms with Crippen LogP contribution in [-0.2, 0) is 21.3 Å². The van der Waals surface area contributed by atoms with Crippen LogP contribution in [0.4, 0.5) is 4.39 Å². The highest BCUT2D eigenvalue weighted by atomic mass is 32.2. The molecule has 0 aliphatic heterocycles. The first kappa shape index (κ1) is 17.0. The average molecular weight is 304 g/mol. The van der Waals surface area contributed by atoms with Gasteiger partial charge in [-0.2, -0.15) is 4.31 Å². The van der Waals surface area contributed by atoms with Gasteiger partial charge in [-0.25, -0.2) is 12.8 Å². The smallest absolute Gasteiger partial charge is 0.243 e. The van der Waals surface area contributed by atoms with Gasteiger partial charge in [0.1, 0.15) is 5.82 Å². The third kappa shape index (κ3) is 3.99. The zero-order valence-electron chi connectivity index (χ0n) is 11.8. The minimum absolute atomic E-state index is 0.0395. The lowest BCUT2D eigenvalue weighted by Gasteiger charge is -2.21. The van der Waals surface area contributed by atoms with E-state index in [1.165, 1.54) is 16.4 Å². The van der Waals surface area contributed by atoms with E-state index in [1.807, 2.05) is 6.92 Å². The van der Waals surface area contributed by atoms with Crippen molar-refractivity contribution in [3.63, 3.8) is 0 Å². The fourth-order valence-electron chi connectivity index (χ4n) is 1.84. The quantitative estimate of drug-likeness (QED) is 0.735. The molecule has 5 nitrogen and oxygen atoms in total. The average Bonchev–Trinajstić information content (AvgIpc) is 2.43. The maximum atomic E-state index is 13.3. The Morgan fingerprint density at radius 3 is 2.60 bits per heavy atom. The Balaban J connectivity index is 3.10. The number of rotatable bonds is 8. The van der Waals surface area contributed by atoms with Crippen LogP contribution in [0.2, 0.25) is 0 Å². The fraction of sp³-hybridized carbons (Fsp3) is 0.538. The lowest BCUT2D eigenvalue weighted by atomic mass is 10.2. The Kier molecular flexibility index (Phi) is 6.54. The lowest BCUT2D eigenvalue weighted by molar-refractivity contribution is 0.135. The molecule has 0 saturated carbocycles. The van der Waals surface area contributed by atoms with Crippen LogP contribution in [0.25, 0.3) is 0 Å². The van der Waals surface area contributed by atoms with Crippen molar-refractivity contribution in [1.29, 1.82) is 0 Å². The Morgan fingerprint density at radius 1 is 1.35 bits per heavy atom. The zero-order valence-corrected chi connectivity index (χ0v) is 12.6. The van der Waals surface area contributed by atoms with Gasteiger partial charge in [0.05, 0.1) is 11.5 Å². The summed E-state index contributed by atoms with van der Waals surface area (Å²) in [7, 11) is -3.76. The van der Waals surface area contributed by atoms with Gasteiger partial charge in [-0.1, -0.05) is 13.0 Å². The molecule has 0 atom stereocenters. The van der Waals surface area contributed by atoms with Gasteiger partial charge in [-0.05, 0) is 24.6 Å². The largest absolute Gasteiger partial charge is 0.380 e. The van der Waals surface area contributed by atoms with Gasteiger partial charge in [0.2, 0.25) is 10.0 Å². The number of ether oxygens (including phenoxy) is 1. The number of nitrogens with two attached hydrogens (primary N) is 1. The van der Waals surface area contributed by atoms with Gasteiger partial charge < -0.3 is 10.5 Å². The number of likely N-dealkylation sites (N-methyl/N-ethyl adjacent to an activating group) is 1. The third-order valence-electron chi connectivity index (χ3n) is 2.91. The SMILES string of the molecule is CCOCCN(CC)S(=O)(=O)c1cc(F)ccc1CN. The van der Waals surface area contributed by atoms with E-state index in [0.717, 1.165) is 6.07 Å². The van der Waals surface area contributed by atoms with Crippen LogP contribution in [0.5, 0.6) is 0 Å². The normalized spacial score (nSPS) is 12.1. The van der Waals surface area contributed by atoms with Crippen molar-refractivity contribution in [3.8, 4) is 0 Å². The summed E-state index contributed by atoms with van der Waals surface area (Å²) in [5.41, 5.74) is 5.93. The lowest BCUT2D eigenvalue weighted by Crippen LogP contribution is -2.34. The number of halogens is 1. The molecule has 0 aliphatic rings. The van der Waals surface area contributed by atoms with Crippen LogP contribution in [0.1, 0.15) is 19.4 Å². The highest BCUT2D eigenvalue weighted by molar-refractivity contribution is 7.89. The van der Waals surface area contributed by atoms with Crippen molar-refractivity contribution < 1.29 is 17.5 Å². The molecule has 114 valence electrons. The van der Waals surface area contributed by atoms with Gasteiger partial charge in [0, 0.05) is 26.2 Å². The molecule has 0 bridgehead atoms. The van der Waals surface area contributed by atoms with E-state index in [2.05, 4.69) is 0 Å². The second kappa shape index (κ2) is 7.68. The maximum absolute atomic E-state index is 13.3. The van der Waals surface area contributed by atoms with Crippen LogP contribution in [-0.4, -0.2) is 39.0 Å². The van der Waals surface area contributed by atoms with Crippen molar-refractivity contribution in [2.45, 2.75) is 25.3 Å². The molecular formula is C13H21FN2O3S. The van der Waals surface area contributed by atoms with Crippen molar-refractivity contribution >= 4 is 10.0 Å². The first-order valence-corrected chi connectivity index (χ1v) is 7.97.